The highest BCUT2D eigenvalue weighted by Gasteiger charge is 2.29. The molecule has 0 spiro atoms. The maximum absolute atomic E-state index is 12.7. The summed E-state index contributed by atoms with van der Waals surface area (Å²) in [6.45, 7) is 4.60. The number of hydrogen-bond acceptors (Lipinski definition) is 3. The summed E-state index contributed by atoms with van der Waals surface area (Å²) in [4.78, 5) is 14.5. The Morgan fingerprint density at radius 1 is 1.26 bits per heavy atom. The van der Waals surface area contributed by atoms with E-state index in [1.165, 1.54) is 5.56 Å². The molecule has 0 saturated heterocycles. The van der Waals surface area contributed by atoms with Crippen LogP contribution in [0.25, 0.3) is 0 Å². The second-order valence-electron chi connectivity index (χ2n) is 5.68. The third-order valence-electron chi connectivity index (χ3n) is 3.99. The van der Waals surface area contributed by atoms with Crippen LogP contribution in [0.5, 0.6) is 11.5 Å². The van der Waals surface area contributed by atoms with Gasteiger partial charge in [0.1, 0.15) is 18.1 Å². The third-order valence-corrected chi connectivity index (χ3v) is 3.99. The van der Waals surface area contributed by atoms with Gasteiger partial charge in [0.05, 0.1) is 11.7 Å². The maximum atomic E-state index is 12.7. The molecule has 2 aromatic rings. The Labute approximate surface area is 136 Å². The number of fused-ring (bicyclic) bond motifs is 1. The van der Waals surface area contributed by atoms with E-state index in [0.717, 1.165) is 17.9 Å². The van der Waals surface area contributed by atoms with E-state index in [1.807, 2.05) is 55.5 Å². The average molecular weight is 311 g/mol. The lowest BCUT2D eigenvalue weighted by molar-refractivity contribution is -0.121. The van der Waals surface area contributed by atoms with E-state index >= 15 is 0 Å². The van der Waals surface area contributed by atoms with Crippen LogP contribution in [0.4, 0.5) is 5.69 Å². The minimum Gasteiger partial charge on any atom is -0.489 e. The van der Waals surface area contributed by atoms with Crippen molar-refractivity contribution in [2.75, 3.05) is 18.1 Å². The average Bonchev–Trinajstić information content (AvgIpc) is 2.60. The minimum atomic E-state index is -0.0563. The molecule has 0 saturated carbocycles. The molecule has 0 fully saturated rings. The molecule has 1 aliphatic heterocycles. The van der Waals surface area contributed by atoms with Crippen molar-refractivity contribution in [3.05, 3.63) is 54.1 Å². The highest BCUT2D eigenvalue weighted by Crippen LogP contribution is 2.35. The third kappa shape index (κ3) is 3.31. The summed E-state index contributed by atoms with van der Waals surface area (Å²) in [6, 6.07) is 15.4. The van der Waals surface area contributed by atoms with E-state index < -0.39 is 0 Å². The summed E-state index contributed by atoms with van der Waals surface area (Å²) in [6.07, 6.45) is 0.921. The molecule has 1 unspecified atom stereocenters. The first-order chi connectivity index (χ1) is 11.2. The molecular formula is C19H21NO3. The van der Waals surface area contributed by atoms with E-state index in [-0.39, 0.29) is 18.6 Å². The van der Waals surface area contributed by atoms with Gasteiger partial charge in [-0.3, -0.25) is 9.69 Å². The Kier molecular flexibility index (Phi) is 4.51. The van der Waals surface area contributed by atoms with Gasteiger partial charge in [0, 0.05) is 0 Å². The van der Waals surface area contributed by atoms with Gasteiger partial charge in [-0.15, -0.1) is 0 Å². The molecule has 1 heterocycles. The van der Waals surface area contributed by atoms with Crippen molar-refractivity contribution in [2.45, 2.75) is 26.3 Å². The van der Waals surface area contributed by atoms with Crippen molar-refractivity contribution in [1.82, 2.24) is 0 Å². The summed E-state index contributed by atoms with van der Waals surface area (Å²) in [5, 5.41) is 0. The van der Waals surface area contributed by atoms with Gasteiger partial charge in [0.25, 0.3) is 5.91 Å². The molecule has 1 aliphatic rings. The zero-order valence-corrected chi connectivity index (χ0v) is 13.5. The highest BCUT2D eigenvalue weighted by molar-refractivity contribution is 5.97. The molecule has 1 amide bonds. The number of aryl methyl sites for hydroxylation is 1. The van der Waals surface area contributed by atoms with E-state index in [9.17, 15) is 4.79 Å². The van der Waals surface area contributed by atoms with Gasteiger partial charge in [-0.25, -0.2) is 0 Å². The Bertz CT molecular complexity index is 684. The number of carbonyl (C=O) groups excluding carboxylic acids is 1. The first-order valence-electron chi connectivity index (χ1n) is 7.94. The molecule has 0 radical (unpaired) electrons. The number of para-hydroxylation sites is 1. The molecule has 0 aromatic heterocycles. The smallest absolute Gasteiger partial charge is 0.265 e. The summed E-state index contributed by atoms with van der Waals surface area (Å²) < 4.78 is 11.4. The standard InChI is InChI=1S/C19H21NO3/c1-3-15-9-10-18-17(11-15)20(14(2)12-23-18)19(21)13-22-16-7-5-4-6-8-16/h4-11,14H,3,12-13H2,1-2H3. The topological polar surface area (TPSA) is 38.8 Å². The number of hydrogen-bond donors (Lipinski definition) is 0. The largest absolute Gasteiger partial charge is 0.489 e. The zero-order chi connectivity index (χ0) is 16.2. The van der Waals surface area contributed by atoms with Crippen LogP contribution in [-0.4, -0.2) is 25.2 Å². The normalized spacial score (nSPS) is 16.4. The SMILES string of the molecule is CCc1ccc2c(c1)N(C(=O)COc1ccccc1)C(C)CO2. The van der Waals surface area contributed by atoms with Crippen molar-refractivity contribution in [3.63, 3.8) is 0 Å². The molecule has 2 aromatic carbocycles. The van der Waals surface area contributed by atoms with E-state index in [2.05, 4.69) is 6.92 Å². The van der Waals surface area contributed by atoms with Crippen molar-refractivity contribution < 1.29 is 14.3 Å². The molecule has 4 heteroatoms. The lowest BCUT2D eigenvalue weighted by atomic mass is 10.1. The molecule has 3 rings (SSSR count). The van der Waals surface area contributed by atoms with Crippen LogP contribution in [-0.2, 0) is 11.2 Å². The van der Waals surface area contributed by atoms with Crippen LogP contribution in [0.1, 0.15) is 19.4 Å². The van der Waals surface area contributed by atoms with E-state index in [0.29, 0.717) is 12.4 Å². The Balaban J connectivity index is 1.79. The predicted molar refractivity (Wildman–Crippen MR) is 90.2 cm³/mol. The lowest BCUT2D eigenvalue weighted by Gasteiger charge is -2.35. The number of ether oxygens (including phenoxy) is 2. The number of carbonyl (C=O) groups is 1. The second kappa shape index (κ2) is 6.73. The summed E-state index contributed by atoms with van der Waals surface area (Å²) in [5.74, 6) is 1.40. The number of nitrogens with zero attached hydrogens (tertiary/aromatic N) is 1. The molecule has 1 atom stereocenters. The monoisotopic (exact) mass is 311 g/mol. The van der Waals surface area contributed by atoms with Gasteiger partial charge in [0.15, 0.2) is 6.61 Å². The first kappa shape index (κ1) is 15.4. The number of rotatable bonds is 4. The van der Waals surface area contributed by atoms with Crippen LogP contribution in [0.15, 0.2) is 48.5 Å². The van der Waals surface area contributed by atoms with Crippen molar-refractivity contribution >= 4 is 11.6 Å². The Morgan fingerprint density at radius 3 is 2.78 bits per heavy atom. The van der Waals surface area contributed by atoms with Crippen molar-refractivity contribution in [2.24, 2.45) is 0 Å². The molecule has 4 nitrogen and oxygen atoms in total. The van der Waals surface area contributed by atoms with Gasteiger partial charge in [-0.2, -0.15) is 0 Å². The first-order valence-corrected chi connectivity index (χ1v) is 7.94. The Hall–Kier alpha value is -2.49. The molecule has 0 bridgehead atoms. The van der Waals surface area contributed by atoms with E-state index in [4.69, 9.17) is 9.47 Å². The van der Waals surface area contributed by atoms with Gasteiger partial charge in [-0.1, -0.05) is 31.2 Å². The van der Waals surface area contributed by atoms with E-state index in [1.54, 1.807) is 4.90 Å². The Morgan fingerprint density at radius 2 is 2.04 bits per heavy atom. The van der Waals surface area contributed by atoms with Gasteiger partial charge >= 0.3 is 0 Å². The molecule has 120 valence electrons. The van der Waals surface area contributed by atoms with Crippen LogP contribution < -0.4 is 14.4 Å². The molecule has 0 aliphatic carbocycles. The minimum absolute atomic E-state index is 0.0125. The fraction of sp³-hybridized carbons (Fsp3) is 0.316. The fourth-order valence-corrected chi connectivity index (χ4v) is 2.73. The summed E-state index contributed by atoms with van der Waals surface area (Å²) in [7, 11) is 0. The predicted octanol–water partition coefficient (Wildman–Crippen LogP) is 3.44. The zero-order valence-electron chi connectivity index (χ0n) is 13.5. The van der Waals surface area contributed by atoms with Crippen molar-refractivity contribution in [3.8, 4) is 11.5 Å². The van der Waals surface area contributed by atoms with Crippen LogP contribution in [0.2, 0.25) is 0 Å². The summed E-state index contributed by atoms with van der Waals surface area (Å²) in [5.41, 5.74) is 2.02. The lowest BCUT2D eigenvalue weighted by Crippen LogP contribution is -2.47. The summed E-state index contributed by atoms with van der Waals surface area (Å²) >= 11 is 0. The fourth-order valence-electron chi connectivity index (χ4n) is 2.73. The number of amides is 1. The second-order valence-corrected chi connectivity index (χ2v) is 5.68. The maximum Gasteiger partial charge on any atom is 0.265 e. The van der Waals surface area contributed by atoms with Gasteiger partial charge in [-0.05, 0) is 43.2 Å². The molecule has 23 heavy (non-hydrogen) atoms. The quantitative estimate of drug-likeness (QED) is 0.868. The number of benzene rings is 2. The molecular weight excluding hydrogens is 290 g/mol. The van der Waals surface area contributed by atoms with Crippen LogP contribution in [0.3, 0.4) is 0 Å². The number of anilines is 1. The van der Waals surface area contributed by atoms with Crippen molar-refractivity contribution in [1.29, 1.82) is 0 Å². The van der Waals surface area contributed by atoms with Crippen LogP contribution in [0, 0.1) is 0 Å². The molecule has 0 N–H and O–H groups in total. The van der Waals surface area contributed by atoms with Crippen LogP contribution >= 0.6 is 0 Å². The van der Waals surface area contributed by atoms with Gasteiger partial charge < -0.3 is 9.47 Å². The highest BCUT2D eigenvalue weighted by atomic mass is 16.5. The van der Waals surface area contributed by atoms with Gasteiger partial charge in [0.2, 0.25) is 0 Å².